The van der Waals surface area contributed by atoms with Crippen LogP contribution in [0, 0.1) is 0 Å². The number of anilines is 2. The molecule has 1 unspecified atom stereocenters. The Labute approximate surface area is 71.2 Å². The molecule has 1 aromatic heterocycles. The molecule has 5 N–H and O–H groups in total. The summed E-state index contributed by atoms with van der Waals surface area (Å²) in [5.74, 6) is 0.977. The van der Waals surface area contributed by atoms with Crippen molar-refractivity contribution in [1.82, 2.24) is 9.97 Å². The predicted octanol–water partition coefficient (Wildman–Crippen LogP) is -0.182. The summed E-state index contributed by atoms with van der Waals surface area (Å²) in [6, 6.07) is 1.95. The standard InChI is InChI=1S/C7H13N5/c1-5(4-8)11-6-2-3-10-7(9)12-6/h2-3,5H,4,8H2,1H3,(H3,9,10,11,12). The number of nitrogen functional groups attached to an aromatic ring is 1. The predicted molar refractivity (Wildman–Crippen MR) is 48.6 cm³/mol. The number of nitrogens with one attached hydrogen (secondary N) is 1. The maximum Gasteiger partial charge on any atom is 0.221 e. The van der Waals surface area contributed by atoms with E-state index in [0.29, 0.717) is 12.4 Å². The van der Waals surface area contributed by atoms with E-state index in [1.165, 1.54) is 0 Å². The molecule has 12 heavy (non-hydrogen) atoms. The average molecular weight is 167 g/mol. The third-order valence-corrected chi connectivity index (χ3v) is 1.42. The van der Waals surface area contributed by atoms with Gasteiger partial charge in [-0.15, -0.1) is 0 Å². The minimum absolute atomic E-state index is 0.194. The Balaban J connectivity index is 2.63. The SMILES string of the molecule is CC(CN)Nc1ccnc(N)n1. The van der Waals surface area contributed by atoms with Gasteiger partial charge in [0, 0.05) is 18.8 Å². The quantitative estimate of drug-likeness (QED) is 0.581. The number of nitrogens with zero attached hydrogens (tertiary/aromatic N) is 2. The highest BCUT2D eigenvalue weighted by atomic mass is 15.1. The summed E-state index contributed by atoms with van der Waals surface area (Å²) in [6.45, 7) is 2.53. The molecule has 0 aliphatic carbocycles. The molecule has 1 rings (SSSR count). The smallest absolute Gasteiger partial charge is 0.221 e. The summed E-state index contributed by atoms with van der Waals surface area (Å²) < 4.78 is 0. The maximum absolute atomic E-state index is 5.42. The Hall–Kier alpha value is -1.36. The first-order chi connectivity index (χ1) is 5.72. The fourth-order valence-electron chi connectivity index (χ4n) is 0.766. The Morgan fingerprint density at radius 2 is 2.42 bits per heavy atom. The highest BCUT2D eigenvalue weighted by Gasteiger charge is 1.99. The van der Waals surface area contributed by atoms with Crippen LogP contribution in [0.1, 0.15) is 6.92 Å². The molecule has 0 saturated carbocycles. The van der Waals surface area contributed by atoms with Crippen molar-refractivity contribution in [3.8, 4) is 0 Å². The summed E-state index contributed by atoms with van der Waals surface area (Å²) in [6.07, 6.45) is 1.61. The molecule has 0 aliphatic heterocycles. The summed E-state index contributed by atoms with van der Waals surface area (Å²) in [4.78, 5) is 7.73. The lowest BCUT2D eigenvalue weighted by Gasteiger charge is -2.11. The summed E-state index contributed by atoms with van der Waals surface area (Å²) in [7, 11) is 0. The summed E-state index contributed by atoms with van der Waals surface area (Å²) in [5.41, 5.74) is 10.8. The first kappa shape index (κ1) is 8.73. The van der Waals surface area contributed by atoms with Gasteiger partial charge in [0.25, 0.3) is 0 Å². The monoisotopic (exact) mass is 167 g/mol. The normalized spacial score (nSPS) is 12.5. The van der Waals surface area contributed by atoms with Gasteiger partial charge in [0.1, 0.15) is 5.82 Å². The van der Waals surface area contributed by atoms with E-state index in [9.17, 15) is 0 Å². The minimum Gasteiger partial charge on any atom is -0.368 e. The van der Waals surface area contributed by atoms with Gasteiger partial charge in [-0.05, 0) is 13.0 Å². The highest BCUT2D eigenvalue weighted by Crippen LogP contribution is 2.03. The second-order valence-corrected chi connectivity index (χ2v) is 2.58. The second kappa shape index (κ2) is 3.87. The molecule has 66 valence electrons. The van der Waals surface area contributed by atoms with Gasteiger partial charge in [0.2, 0.25) is 5.95 Å². The van der Waals surface area contributed by atoms with Crippen LogP contribution in [0.2, 0.25) is 0 Å². The second-order valence-electron chi connectivity index (χ2n) is 2.58. The van der Waals surface area contributed by atoms with Gasteiger partial charge < -0.3 is 16.8 Å². The molecule has 0 fully saturated rings. The van der Waals surface area contributed by atoms with Crippen LogP contribution in [0.5, 0.6) is 0 Å². The van der Waals surface area contributed by atoms with E-state index < -0.39 is 0 Å². The van der Waals surface area contributed by atoms with E-state index in [2.05, 4.69) is 15.3 Å². The van der Waals surface area contributed by atoms with E-state index in [-0.39, 0.29) is 12.0 Å². The van der Waals surface area contributed by atoms with Crippen molar-refractivity contribution in [2.75, 3.05) is 17.6 Å². The van der Waals surface area contributed by atoms with Crippen LogP contribution in [-0.2, 0) is 0 Å². The van der Waals surface area contributed by atoms with Gasteiger partial charge in [0.15, 0.2) is 0 Å². The van der Waals surface area contributed by atoms with E-state index in [1.807, 2.05) is 6.92 Å². The van der Waals surface area contributed by atoms with Crippen LogP contribution in [0.4, 0.5) is 11.8 Å². The van der Waals surface area contributed by atoms with E-state index in [1.54, 1.807) is 12.3 Å². The van der Waals surface area contributed by atoms with Crippen molar-refractivity contribution in [2.45, 2.75) is 13.0 Å². The Morgan fingerprint density at radius 3 is 3.00 bits per heavy atom. The molecule has 0 bridgehead atoms. The van der Waals surface area contributed by atoms with Crippen LogP contribution in [0.3, 0.4) is 0 Å². The van der Waals surface area contributed by atoms with E-state index in [0.717, 1.165) is 0 Å². The lowest BCUT2D eigenvalue weighted by atomic mass is 10.3. The van der Waals surface area contributed by atoms with Crippen LogP contribution in [0.25, 0.3) is 0 Å². The topological polar surface area (TPSA) is 89.8 Å². The average Bonchev–Trinajstić information content (AvgIpc) is 2.04. The van der Waals surface area contributed by atoms with Crippen molar-refractivity contribution in [3.05, 3.63) is 12.3 Å². The Kier molecular flexibility index (Phi) is 2.82. The van der Waals surface area contributed by atoms with Crippen LogP contribution < -0.4 is 16.8 Å². The van der Waals surface area contributed by atoms with Crippen molar-refractivity contribution in [2.24, 2.45) is 5.73 Å². The first-order valence-electron chi connectivity index (χ1n) is 3.77. The Morgan fingerprint density at radius 1 is 1.67 bits per heavy atom. The number of aromatic nitrogens is 2. The maximum atomic E-state index is 5.42. The third kappa shape index (κ3) is 2.35. The van der Waals surface area contributed by atoms with Gasteiger partial charge in [0.05, 0.1) is 0 Å². The molecule has 1 aromatic rings. The molecule has 0 radical (unpaired) electrons. The molecule has 5 heteroatoms. The molecule has 1 atom stereocenters. The molecule has 0 saturated heterocycles. The van der Waals surface area contributed by atoms with Crippen LogP contribution >= 0.6 is 0 Å². The van der Waals surface area contributed by atoms with Gasteiger partial charge in [-0.3, -0.25) is 0 Å². The molecular weight excluding hydrogens is 154 g/mol. The zero-order chi connectivity index (χ0) is 8.97. The molecule has 0 spiro atoms. The molecule has 1 heterocycles. The van der Waals surface area contributed by atoms with Crippen molar-refractivity contribution >= 4 is 11.8 Å². The van der Waals surface area contributed by atoms with Gasteiger partial charge in [-0.2, -0.15) is 4.98 Å². The first-order valence-corrected chi connectivity index (χ1v) is 3.77. The van der Waals surface area contributed by atoms with Crippen molar-refractivity contribution < 1.29 is 0 Å². The largest absolute Gasteiger partial charge is 0.368 e. The fourth-order valence-corrected chi connectivity index (χ4v) is 0.766. The Bertz CT molecular complexity index is 249. The van der Waals surface area contributed by atoms with Gasteiger partial charge >= 0.3 is 0 Å². The zero-order valence-corrected chi connectivity index (χ0v) is 6.99. The number of rotatable bonds is 3. The molecule has 0 aromatic carbocycles. The van der Waals surface area contributed by atoms with Crippen molar-refractivity contribution in [1.29, 1.82) is 0 Å². The van der Waals surface area contributed by atoms with Crippen LogP contribution in [-0.4, -0.2) is 22.6 Å². The lowest BCUT2D eigenvalue weighted by Crippen LogP contribution is -2.25. The lowest BCUT2D eigenvalue weighted by molar-refractivity contribution is 0.797. The fraction of sp³-hybridized carbons (Fsp3) is 0.429. The summed E-state index contributed by atoms with van der Waals surface area (Å²) in [5, 5.41) is 3.08. The van der Waals surface area contributed by atoms with Gasteiger partial charge in [-0.25, -0.2) is 4.98 Å². The van der Waals surface area contributed by atoms with E-state index >= 15 is 0 Å². The molecular formula is C7H13N5. The molecule has 5 nitrogen and oxygen atoms in total. The minimum atomic E-state index is 0.194. The van der Waals surface area contributed by atoms with Crippen molar-refractivity contribution in [3.63, 3.8) is 0 Å². The highest BCUT2D eigenvalue weighted by molar-refractivity contribution is 5.38. The number of nitrogens with two attached hydrogens (primary N) is 2. The van der Waals surface area contributed by atoms with E-state index in [4.69, 9.17) is 11.5 Å². The number of hydrogen-bond acceptors (Lipinski definition) is 5. The summed E-state index contributed by atoms with van der Waals surface area (Å²) >= 11 is 0. The van der Waals surface area contributed by atoms with Gasteiger partial charge in [-0.1, -0.05) is 0 Å². The van der Waals surface area contributed by atoms with Crippen LogP contribution in [0.15, 0.2) is 12.3 Å². The molecule has 0 aliphatic rings. The number of hydrogen-bond donors (Lipinski definition) is 3. The molecule has 0 amide bonds. The third-order valence-electron chi connectivity index (χ3n) is 1.42. The zero-order valence-electron chi connectivity index (χ0n) is 6.99.